The summed E-state index contributed by atoms with van der Waals surface area (Å²) in [6.07, 6.45) is 2.37. The van der Waals surface area contributed by atoms with Crippen LogP contribution in [0.15, 0.2) is 30.3 Å². The van der Waals surface area contributed by atoms with Gasteiger partial charge in [-0.3, -0.25) is 0 Å². The molecule has 1 N–H and O–H groups in total. The van der Waals surface area contributed by atoms with E-state index in [0.717, 1.165) is 23.9 Å². The van der Waals surface area contributed by atoms with Crippen molar-refractivity contribution in [1.29, 1.82) is 0 Å². The number of carbonyl (C=O) groups is 1. The van der Waals surface area contributed by atoms with E-state index in [2.05, 4.69) is 16.9 Å². The first-order chi connectivity index (χ1) is 10.1. The lowest BCUT2D eigenvalue weighted by Gasteiger charge is -2.19. The van der Waals surface area contributed by atoms with Gasteiger partial charge in [-0.25, -0.2) is 9.78 Å². The second-order valence-corrected chi connectivity index (χ2v) is 5.45. The quantitative estimate of drug-likeness (QED) is 0.935. The maximum atomic E-state index is 10.9. The third-order valence-corrected chi connectivity index (χ3v) is 4.01. The summed E-state index contributed by atoms with van der Waals surface area (Å²) in [4.78, 5) is 17.7. The van der Waals surface area contributed by atoms with Crippen LogP contribution >= 0.6 is 0 Å². The number of carboxylic acid groups (broad SMARTS) is 1. The molecule has 21 heavy (non-hydrogen) atoms. The molecule has 0 aliphatic carbocycles. The number of benzene rings is 1. The van der Waals surface area contributed by atoms with Gasteiger partial charge in [0, 0.05) is 17.5 Å². The van der Waals surface area contributed by atoms with Gasteiger partial charge < -0.3 is 14.7 Å². The Morgan fingerprint density at radius 2 is 2.29 bits per heavy atom. The van der Waals surface area contributed by atoms with E-state index >= 15 is 0 Å². The highest BCUT2D eigenvalue weighted by Crippen LogP contribution is 2.20. The lowest BCUT2D eigenvalue weighted by Crippen LogP contribution is -2.30. The van der Waals surface area contributed by atoms with Crippen molar-refractivity contribution in [3.63, 3.8) is 0 Å². The Morgan fingerprint density at radius 3 is 3.00 bits per heavy atom. The molecule has 1 unspecified atom stereocenters. The Hall–Kier alpha value is -2.14. The Balaban J connectivity index is 1.75. The summed E-state index contributed by atoms with van der Waals surface area (Å²) in [5.74, 6) is -0.340. The number of carboxylic acids is 1. The highest BCUT2D eigenvalue weighted by molar-refractivity contribution is 5.93. The maximum Gasteiger partial charge on any atom is 0.335 e. The molecule has 5 nitrogen and oxygen atoms in total. The first kappa shape index (κ1) is 13.8. The lowest BCUT2D eigenvalue weighted by molar-refractivity contribution is 0.0697. The van der Waals surface area contributed by atoms with Gasteiger partial charge in [0.1, 0.15) is 6.61 Å². The molecule has 0 saturated carbocycles. The van der Waals surface area contributed by atoms with Gasteiger partial charge in [0.15, 0.2) is 0 Å². The summed E-state index contributed by atoms with van der Waals surface area (Å²) in [7, 11) is 2.11. The highest BCUT2D eigenvalue weighted by Gasteiger charge is 2.21. The van der Waals surface area contributed by atoms with Gasteiger partial charge in [-0.1, -0.05) is 0 Å². The number of hydrogen-bond donors (Lipinski definition) is 1. The molecule has 1 saturated heterocycles. The van der Waals surface area contributed by atoms with Crippen molar-refractivity contribution < 1.29 is 14.6 Å². The fourth-order valence-corrected chi connectivity index (χ4v) is 2.69. The lowest BCUT2D eigenvalue weighted by atomic mass is 10.1. The van der Waals surface area contributed by atoms with Crippen LogP contribution in [-0.4, -0.2) is 47.2 Å². The van der Waals surface area contributed by atoms with E-state index < -0.39 is 5.97 Å². The van der Waals surface area contributed by atoms with Crippen LogP contribution in [0.25, 0.3) is 10.9 Å². The molecule has 1 fully saturated rings. The maximum absolute atomic E-state index is 10.9. The summed E-state index contributed by atoms with van der Waals surface area (Å²) >= 11 is 0. The second kappa shape index (κ2) is 5.69. The van der Waals surface area contributed by atoms with Crippen LogP contribution in [0.2, 0.25) is 0 Å². The number of likely N-dealkylation sites (N-methyl/N-ethyl adjacent to an activating group) is 1. The molecule has 1 aromatic heterocycles. The number of hydrogen-bond acceptors (Lipinski definition) is 4. The topological polar surface area (TPSA) is 62.7 Å². The monoisotopic (exact) mass is 286 g/mol. The Morgan fingerprint density at radius 1 is 1.43 bits per heavy atom. The second-order valence-electron chi connectivity index (χ2n) is 5.45. The molecule has 1 aromatic carbocycles. The first-order valence-electron chi connectivity index (χ1n) is 7.10. The fraction of sp³-hybridized carbons (Fsp3) is 0.375. The van der Waals surface area contributed by atoms with Crippen molar-refractivity contribution in [3.8, 4) is 5.88 Å². The fourth-order valence-electron chi connectivity index (χ4n) is 2.69. The van der Waals surface area contributed by atoms with Crippen molar-refractivity contribution >= 4 is 16.9 Å². The van der Waals surface area contributed by atoms with Crippen LogP contribution in [0.4, 0.5) is 0 Å². The van der Waals surface area contributed by atoms with Gasteiger partial charge in [0.2, 0.25) is 5.88 Å². The molecular formula is C16H18N2O3. The number of pyridine rings is 1. The molecule has 0 amide bonds. The molecule has 0 radical (unpaired) electrons. The molecule has 1 aliphatic rings. The van der Waals surface area contributed by atoms with Gasteiger partial charge in [0.25, 0.3) is 0 Å². The zero-order valence-corrected chi connectivity index (χ0v) is 12.0. The minimum Gasteiger partial charge on any atom is -0.478 e. The standard InChI is InChI=1S/C16H18N2O3/c1-18-8-2-3-13(18)10-21-15-7-5-11-9-12(16(19)20)4-6-14(11)17-15/h4-7,9,13H,2-3,8,10H2,1H3,(H,19,20). The summed E-state index contributed by atoms with van der Waals surface area (Å²) in [6.45, 7) is 1.76. The van der Waals surface area contributed by atoms with Crippen LogP contribution in [0.5, 0.6) is 5.88 Å². The SMILES string of the molecule is CN1CCCC1COc1ccc2cc(C(=O)O)ccc2n1. The molecule has 2 heterocycles. The molecule has 110 valence electrons. The van der Waals surface area contributed by atoms with Crippen LogP contribution in [0, 0.1) is 0 Å². The largest absolute Gasteiger partial charge is 0.478 e. The molecular weight excluding hydrogens is 268 g/mol. The predicted octanol–water partition coefficient (Wildman–Crippen LogP) is 2.41. The Bertz CT molecular complexity index is 672. The first-order valence-corrected chi connectivity index (χ1v) is 7.10. The van der Waals surface area contributed by atoms with Crippen LogP contribution in [-0.2, 0) is 0 Å². The minimum absolute atomic E-state index is 0.269. The molecule has 2 aromatic rings. The normalized spacial score (nSPS) is 19.0. The number of fused-ring (bicyclic) bond motifs is 1. The summed E-state index contributed by atoms with van der Waals surface area (Å²) in [5.41, 5.74) is 1.02. The van der Waals surface area contributed by atoms with Crippen LogP contribution in [0.1, 0.15) is 23.2 Å². The van der Waals surface area contributed by atoms with Gasteiger partial charge in [0.05, 0.1) is 11.1 Å². The number of ether oxygens (including phenoxy) is 1. The highest BCUT2D eigenvalue weighted by atomic mass is 16.5. The van der Waals surface area contributed by atoms with Crippen molar-refractivity contribution in [2.75, 3.05) is 20.2 Å². The minimum atomic E-state index is -0.929. The van der Waals surface area contributed by atoms with Crippen molar-refractivity contribution in [2.24, 2.45) is 0 Å². The summed E-state index contributed by atoms with van der Waals surface area (Å²) in [5, 5.41) is 9.79. The van der Waals surface area contributed by atoms with E-state index in [0.29, 0.717) is 18.5 Å². The zero-order valence-electron chi connectivity index (χ0n) is 12.0. The van der Waals surface area contributed by atoms with E-state index in [4.69, 9.17) is 9.84 Å². The third-order valence-electron chi connectivity index (χ3n) is 4.01. The molecule has 0 bridgehead atoms. The smallest absolute Gasteiger partial charge is 0.335 e. The van der Waals surface area contributed by atoms with Crippen LogP contribution < -0.4 is 4.74 Å². The van der Waals surface area contributed by atoms with Crippen LogP contribution in [0.3, 0.4) is 0 Å². The van der Waals surface area contributed by atoms with E-state index in [-0.39, 0.29) is 5.56 Å². The molecule has 3 rings (SSSR count). The Kier molecular flexibility index (Phi) is 3.75. The third kappa shape index (κ3) is 2.97. The van der Waals surface area contributed by atoms with Gasteiger partial charge in [-0.15, -0.1) is 0 Å². The molecule has 1 aliphatic heterocycles. The van der Waals surface area contributed by atoms with E-state index in [1.807, 2.05) is 6.07 Å². The molecule has 1 atom stereocenters. The van der Waals surface area contributed by atoms with Crippen molar-refractivity contribution in [1.82, 2.24) is 9.88 Å². The van der Waals surface area contributed by atoms with E-state index in [1.54, 1.807) is 24.3 Å². The number of nitrogens with zero attached hydrogens (tertiary/aromatic N) is 2. The van der Waals surface area contributed by atoms with E-state index in [1.165, 1.54) is 6.42 Å². The molecule has 0 spiro atoms. The summed E-state index contributed by atoms with van der Waals surface area (Å²) < 4.78 is 5.78. The average Bonchev–Trinajstić information content (AvgIpc) is 2.89. The predicted molar refractivity (Wildman–Crippen MR) is 79.8 cm³/mol. The van der Waals surface area contributed by atoms with Crippen molar-refractivity contribution in [2.45, 2.75) is 18.9 Å². The Labute approximate surface area is 123 Å². The molecule has 5 heteroatoms. The number of rotatable bonds is 4. The average molecular weight is 286 g/mol. The van der Waals surface area contributed by atoms with Gasteiger partial charge in [-0.05, 0) is 50.7 Å². The zero-order chi connectivity index (χ0) is 14.8. The van der Waals surface area contributed by atoms with Gasteiger partial charge >= 0.3 is 5.97 Å². The number of likely N-dealkylation sites (tertiary alicyclic amines) is 1. The van der Waals surface area contributed by atoms with Crippen molar-refractivity contribution in [3.05, 3.63) is 35.9 Å². The number of aromatic carboxylic acids is 1. The van der Waals surface area contributed by atoms with E-state index in [9.17, 15) is 4.79 Å². The summed E-state index contributed by atoms with van der Waals surface area (Å²) in [6, 6.07) is 9.00. The van der Waals surface area contributed by atoms with Gasteiger partial charge in [-0.2, -0.15) is 0 Å². The number of aromatic nitrogens is 1.